The van der Waals surface area contributed by atoms with Gasteiger partial charge in [-0.25, -0.2) is 14.8 Å². The van der Waals surface area contributed by atoms with Crippen molar-refractivity contribution in [2.24, 2.45) is 5.10 Å². The number of hydrogen-bond donors (Lipinski definition) is 1. The molecule has 6 nitrogen and oxygen atoms in total. The third kappa shape index (κ3) is 5.18. The molecule has 33 heavy (non-hydrogen) atoms. The lowest BCUT2D eigenvalue weighted by atomic mass is 10.1. The summed E-state index contributed by atoms with van der Waals surface area (Å²) in [5, 5.41) is 5.01. The summed E-state index contributed by atoms with van der Waals surface area (Å²) < 4.78 is 14.6. The first-order chi connectivity index (χ1) is 15.9. The molecule has 0 saturated heterocycles. The van der Waals surface area contributed by atoms with Crippen LogP contribution in [0.1, 0.15) is 18.1 Å². The predicted molar refractivity (Wildman–Crippen MR) is 130 cm³/mol. The number of hydrazone groups is 1. The number of para-hydroxylation sites is 1. The molecule has 1 amide bonds. The molecule has 166 valence electrons. The van der Waals surface area contributed by atoms with Gasteiger partial charge in [0, 0.05) is 0 Å². The van der Waals surface area contributed by atoms with Crippen LogP contribution in [0.2, 0.25) is 0 Å². The molecule has 0 aliphatic rings. The van der Waals surface area contributed by atoms with E-state index in [0.29, 0.717) is 33.0 Å². The number of rotatable bonds is 6. The number of aryl methyl sites for hydroxylation is 1. The summed E-state index contributed by atoms with van der Waals surface area (Å²) in [6.07, 6.45) is 0. The number of fused-ring (bicyclic) bond motifs is 1. The van der Waals surface area contributed by atoms with Gasteiger partial charge in [-0.3, -0.25) is 14.2 Å². The molecule has 1 aromatic heterocycles. The van der Waals surface area contributed by atoms with E-state index in [1.54, 1.807) is 37.3 Å². The van der Waals surface area contributed by atoms with Crippen molar-refractivity contribution in [3.05, 3.63) is 100 Å². The molecule has 0 atom stereocenters. The zero-order valence-electron chi connectivity index (χ0n) is 18.1. The molecular weight excluding hydrogens is 439 g/mol. The highest BCUT2D eigenvalue weighted by molar-refractivity contribution is 7.99. The predicted octanol–water partition coefficient (Wildman–Crippen LogP) is 4.47. The van der Waals surface area contributed by atoms with Gasteiger partial charge in [-0.15, -0.1) is 0 Å². The number of aromatic nitrogens is 2. The minimum atomic E-state index is -0.348. The Morgan fingerprint density at radius 1 is 1.06 bits per heavy atom. The van der Waals surface area contributed by atoms with Gasteiger partial charge in [-0.1, -0.05) is 53.7 Å². The SMILES string of the molecule is CC(=NNC(=O)CSc1nc2ccccc2c(=O)n1-c1ccc(C)cc1)c1ccc(F)cc1. The Kier molecular flexibility index (Phi) is 6.65. The van der Waals surface area contributed by atoms with E-state index in [1.165, 1.54) is 16.7 Å². The number of hydrogen-bond acceptors (Lipinski definition) is 5. The van der Waals surface area contributed by atoms with Gasteiger partial charge in [0.25, 0.3) is 11.5 Å². The highest BCUT2D eigenvalue weighted by Gasteiger charge is 2.14. The van der Waals surface area contributed by atoms with Gasteiger partial charge in [0.2, 0.25) is 0 Å². The lowest BCUT2D eigenvalue weighted by molar-refractivity contribution is -0.118. The molecule has 4 aromatic rings. The van der Waals surface area contributed by atoms with E-state index >= 15 is 0 Å². The molecular formula is C25H21FN4O2S. The minimum Gasteiger partial charge on any atom is -0.272 e. The second-order valence-corrected chi connectivity index (χ2v) is 8.36. The van der Waals surface area contributed by atoms with Crippen molar-refractivity contribution < 1.29 is 9.18 Å². The van der Waals surface area contributed by atoms with Gasteiger partial charge in [0.15, 0.2) is 5.16 Å². The Bertz CT molecular complexity index is 1400. The molecule has 8 heteroatoms. The summed E-state index contributed by atoms with van der Waals surface area (Å²) in [4.78, 5) is 30.3. The summed E-state index contributed by atoms with van der Waals surface area (Å²) in [6.45, 7) is 3.69. The van der Waals surface area contributed by atoms with Crippen molar-refractivity contribution in [2.45, 2.75) is 19.0 Å². The number of halogens is 1. The molecule has 0 aliphatic heterocycles. The smallest absolute Gasteiger partial charge is 0.266 e. The van der Waals surface area contributed by atoms with E-state index < -0.39 is 0 Å². The van der Waals surface area contributed by atoms with Gasteiger partial charge >= 0.3 is 0 Å². The van der Waals surface area contributed by atoms with Crippen LogP contribution >= 0.6 is 11.8 Å². The highest BCUT2D eigenvalue weighted by atomic mass is 32.2. The summed E-state index contributed by atoms with van der Waals surface area (Å²) in [6, 6.07) is 20.5. The highest BCUT2D eigenvalue weighted by Crippen LogP contribution is 2.21. The van der Waals surface area contributed by atoms with Crippen LogP contribution in [0.3, 0.4) is 0 Å². The number of nitrogens with zero attached hydrogens (tertiary/aromatic N) is 3. The molecule has 0 unspecified atom stereocenters. The number of carbonyl (C=O) groups excluding carboxylic acids is 1. The molecule has 1 heterocycles. The van der Waals surface area contributed by atoms with E-state index in [9.17, 15) is 14.0 Å². The number of benzene rings is 3. The lowest BCUT2D eigenvalue weighted by Gasteiger charge is -2.13. The maximum atomic E-state index is 13.2. The van der Waals surface area contributed by atoms with Crippen LogP contribution in [0.15, 0.2) is 87.8 Å². The minimum absolute atomic E-state index is 0.0108. The Balaban J connectivity index is 1.57. The van der Waals surface area contributed by atoms with Gasteiger partial charge in [-0.2, -0.15) is 5.10 Å². The topological polar surface area (TPSA) is 76.3 Å². The first-order valence-electron chi connectivity index (χ1n) is 10.2. The monoisotopic (exact) mass is 460 g/mol. The summed E-state index contributed by atoms with van der Waals surface area (Å²) in [5.74, 6) is -0.676. The third-order valence-corrected chi connectivity index (χ3v) is 5.92. The molecule has 0 aliphatic carbocycles. The van der Waals surface area contributed by atoms with Crippen molar-refractivity contribution in [1.29, 1.82) is 0 Å². The molecule has 0 spiro atoms. The van der Waals surface area contributed by atoms with Crippen molar-refractivity contribution in [3.63, 3.8) is 0 Å². The van der Waals surface area contributed by atoms with E-state index in [2.05, 4.69) is 15.5 Å². The van der Waals surface area contributed by atoms with Gasteiger partial charge in [0.05, 0.1) is 28.1 Å². The molecule has 3 aromatic carbocycles. The van der Waals surface area contributed by atoms with Crippen LogP contribution in [-0.2, 0) is 4.79 Å². The average molecular weight is 461 g/mol. The largest absolute Gasteiger partial charge is 0.272 e. The Morgan fingerprint density at radius 3 is 2.48 bits per heavy atom. The van der Waals surface area contributed by atoms with Crippen LogP contribution in [0.5, 0.6) is 0 Å². The maximum Gasteiger partial charge on any atom is 0.266 e. The van der Waals surface area contributed by atoms with E-state index in [1.807, 2.05) is 37.3 Å². The van der Waals surface area contributed by atoms with Crippen molar-refractivity contribution in [3.8, 4) is 5.69 Å². The van der Waals surface area contributed by atoms with Crippen molar-refractivity contribution in [1.82, 2.24) is 15.0 Å². The standard InChI is InChI=1S/C25H21FN4O2S/c1-16-7-13-20(14-8-16)30-24(32)21-5-3-4-6-22(21)27-25(30)33-15-23(31)29-28-17(2)18-9-11-19(26)12-10-18/h3-14H,15H2,1-2H3,(H,29,31). The fraction of sp³-hybridized carbons (Fsp3) is 0.120. The fourth-order valence-electron chi connectivity index (χ4n) is 3.19. The Labute approximate surface area is 194 Å². The zero-order chi connectivity index (χ0) is 23.4. The Hall–Kier alpha value is -3.78. The number of amides is 1. The summed E-state index contributed by atoms with van der Waals surface area (Å²) in [5.41, 5.74) is 5.88. The van der Waals surface area contributed by atoms with E-state index in [4.69, 9.17) is 0 Å². The molecule has 4 rings (SSSR count). The van der Waals surface area contributed by atoms with E-state index in [0.717, 1.165) is 17.3 Å². The average Bonchev–Trinajstić information content (AvgIpc) is 2.82. The quantitative estimate of drug-likeness (QED) is 0.199. The van der Waals surface area contributed by atoms with Crippen molar-refractivity contribution >= 4 is 34.3 Å². The number of thioether (sulfide) groups is 1. The molecule has 0 bridgehead atoms. The second-order valence-electron chi connectivity index (χ2n) is 7.42. The first-order valence-corrected chi connectivity index (χ1v) is 11.2. The van der Waals surface area contributed by atoms with Crippen LogP contribution < -0.4 is 11.0 Å². The van der Waals surface area contributed by atoms with Crippen LogP contribution in [0.4, 0.5) is 4.39 Å². The van der Waals surface area contributed by atoms with E-state index in [-0.39, 0.29) is 23.0 Å². The third-order valence-electron chi connectivity index (χ3n) is 4.98. The molecule has 0 radical (unpaired) electrons. The summed E-state index contributed by atoms with van der Waals surface area (Å²) >= 11 is 1.15. The zero-order valence-corrected chi connectivity index (χ0v) is 18.9. The maximum absolute atomic E-state index is 13.2. The second kappa shape index (κ2) is 9.79. The molecule has 0 saturated carbocycles. The van der Waals surface area contributed by atoms with Crippen LogP contribution in [0, 0.1) is 12.7 Å². The number of carbonyl (C=O) groups is 1. The van der Waals surface area contributed by atoms with Gasteiger partial charge < -0.3 is 0 Å². The lowest BCUT2D eigenvalue weighted by Crippen LogP contribution is -2.24. The van der Waals surface area contributed by atoms with Crippen LogP contribution in [0.25, 0.3) is 16.6 Å². The molecule has 1 N–H and O–H groups in total. The van der Waals surface area contributed by atoms with Gasteiger partial charge in [-0.05, 0) is 55.8 Å². The fourth-order valence-corrected chi connectivity index (χ4v) is 4.00. The number of nitrogens with one attached hydrogen (secondary N) is 1. The van der Waals surface area contributed by atoms with Crippen LogP contribution in [-0.4, -0.2) is 26.9 Å². The Morgan fingerprint density at radius 2 is 1.76 bits per heavy atom. The summed E-state index contributed by atoms with van der Waals surface area (Å²) in [7, 11) is 0. The first kappa shape index (κ1) is 22.4. The van der Waals surface area contributed by atoms with Gasteiger partial charge in [0.1, 0.15) is 5.82 Å². The molecule has 0 fully saturated rings. The van der Waals surface area contributed by atoms with Crippen molar-refractivity contribution in [2.75, 3.05) is 5.75 Å². The normalized spacial score (nSPS) is 11.5.